The second-order valence-corrected chi connectivity index (χ2v) is 7.21. The van der Waals surface area contributed by atoms with Gasteiger partial charge >= 0.3 is 0 Å². The van der Waals surface area contributed by atoms with E-state index in [0.717, 1.165) is 45.8 Å². The Morgan fingerprint density at radius 3 is 2.45 bits per heavy atom. The monoisotopic (exact) mass is 310 g/mol. The summed E-state index contributed by atoms with van der Waals surface area (Å²) in [4.78, 5) is 19.1. The molecular weight excluding hydrogens is 276 g/mol. The summed E-state index contributed by atoms with van der Waals surface area (Å²) in [6, 6.07) is 0. The number of nitrogens with one attached hydrogen (secondary N) is 1. The van der Waals surface area contributed by atoms with E-state index >= 15 is 0 Å². The Labute approximate surface area is 136 Å². The van der Waals surface area contributed by atoms with Crippen LogP contribution in [-0.4, -0.2) is 86.1 Å². The zero-order chi connectivity index (χ0) is 16.0. The van der Waals surface area contributed by atoms with E-state index in [0.29, 0.717) is 12.0 Å². The summed E-state index contributed by atoms with van der Waals surface area (Å²) in [5.41, 5.74) is 0.437. The van der Waals surface area contributed by atoms with Gasteiger partial charge < -0.3 is 15.1 Å². The van der Waals surface area contributed by atoms with Crippen LogP contribution in [0.2, 0.25) is 0 Å². The van der Waals surface area contributed by atoms with Gasteiger partial charge in [0.1, 0.15) is 0 Å². The van der Waals surface area contributed by atoms with Crippen molar-refractivity contribution < 1.29 is 4.79 Å². The fourth-order valence-corrected chi connectivity index (χ4v) is 3.75. The standard InChI is InChI=1S/C17H34N4O/c1-4-21(5-2)16(22)13-19-9-6-10-20(12-11-19)15-17(3)7-8-18-14-17/h18H,4-15H2,1-3H3. The molecule has 2 heterocycles. The number of hydrogen-bond donors (Lipinski definition) is 1. The second-order valence-electron chi connectivity index (χ2n) is 7.21. The molecule has 22 heavy (non-hydrogen) atoms. The zero-order valence-corrected chi connectivity index (χ0v) is 14.7. The summed E-state index contributed by atoms with van der Waals surface area (Å²) in [6.07, 6.45) is 2.46. The Morgan fingerprint density at radius 2 is 1.82 bits per heavy atom. The number of hydrogen-bond acceptors (Lipinski definition) is 4. The van der Waals surface area contributed by atoms with Crippen LogP contribution in [0.1, 0.15) is 33.6 Å². The first-order chi connectivity index (χ1) is 10.6. The SMILES string of the molecule is CCN(CC)C(=O)CN1CCCN(CC2(C)CCNC2)CC1. The summed E-state index contributed by atoms with van der Waals surface area (Å²) in [5, 5.41) is 3.49. The molecule has 0 bridgehead atoms. The quantitative estimate of drug-likeness (QED) is 0.790. The van der Waals surface area contributed by atoms with E-state index in [1.165, 1.54) is 25.9 Å². The average Bonchev–Trinajstić information content (AvgIpc) is 2.80. The zero-order valence-electron chi connectivity index (χ0n) is 14.7. The molecule has 1 atom stereocenters. The Bertz CT molecular complexity index is 351. The molecule has 1 N–H and O–H groups in total. The number of carbonyl (C=O) groups is 1. The molecule has 2 fully saturated rings. The Kier molecular flexibility index (Phi) is 6.66. The number of rotatable bonds is 6. The van der Waals surface area contributed by atoms with Crippen LogP contribution in [0.5, 0.6) is 0 Å². The van der Waals surface area contributed by atoms with Gasteiger partial charge in [-0.2, -0.15) is 0 Å². The minimum atomic E-state index is 0.283. The third-order valence-corrected chi connectivity index (χ3v) is 5.22. The molecule has 5 heteroatoms. The molecule has 2 rings (SSSR count). The first kappa shape index (κ1) is 17.7. The van der Waals surface area contributed by atoms with E-state index in [9.17, 15) is 4.79 Å². The topological polar surface area (TPSA) is 38.8 Å². The highest BCUT2D eigenvalue weighted by molar-refractivity contribution is 5.78. The summed E-state index contributed by atoms with van der Waals surface area (Å²) in [7, 11) is 0. The van der Waals surface area contributed by atoms with Crippen molar-refractivity contribution in [3.8, 4) is 0 Å². The van der Waals surface area contributed by atoms with Crippen LogP contribution >= 0.6 is 0 Å². The van der Waals surface area contributed by atoms with Gasteiger partial charge in [-0.05, 0) is 51.7 Å². The van der Waals surface area contributed by atoms with Gasteiger partial charge in [-0.1, -0.05) is 6.92 Å². The highest BCUT2D eigenvalue weighted by Crippen LogP contribution is 2.26. The van der Waals surface area contributed by atoms with Crippen LogP contribution in [-0.2, 0) is 4.79 Å². The Morgan fingerprint density at radius 1 is 1.14 bits per heavy atom. The molecule has 5 nitrogen and oxygen atoms in total. The number of likely N-dealkylation sites (N-methyl/N-ethyl adjacent to an activating group) is 1. The summed E-state index contributed by atoms with van der Waals surface area (Å²) in [6.45, 7) is 16.6. The van der Waals surface area contributed by atoms with E-state index in [1.54, 1.807) is 0 Å². The fraction of sp³-hybridized carbons (Fsp3) is 0.941. The van der Waals surface area contributed by atoms with E-state index in [1.807, 2.05) is 4.90 Å². The van der Waals surface area contributed by atoms with Gasteiger partial charge in [-0.15, -0.1) is 0 Å². The fourth-order valence-electron chi connectivity index (χ4n) is 3.75. The molecule has 0 aromatic carbocycles. The minimum absolute atomic E-state index is 0.283. The van der Waals surface area contributed by atoms with E-state index in [2.05, 4.69) is 35.9 Å². The van der Waals surface area contributed by atoms with Gasteiger partial charge in [-0.25, -0.2) is 0 Å². The predicted molar refractivity (Wildman–Crippen MR) is 91.0 cm³/mol. The molecule has 128 valence electrons. The molecule has 0 saturated carbocycles. The molecule has 0 aromatic rings. The lowest BCUT2D eigenvalue weighted by atomic mass is 9.89. The third kappa shape index (κ3) is 4.93. The van der Waals surface area contributed by atoms with Crippen LogP contribution in [0.4, 0.5) is 0 Å². The Hall–Kier alpha value is -0.650. The van der Waals surface area contributed by atoms with E-state index in [4.69, 9.17) is 0 Å². The molecule has 1 amide bonds. The van der Waals surface area contributed by atoms with Crippen LogP contribution < -0.4 is 5.32 Å². The molecule has 1 unspecified atom stereocenters. The molecular formula is C17H34N4O. The first-order valence-corrected chi connectivity index (χ1v) is 8.99. The number of nitrogens with zero attached hydrogens (tertiary/aromatic N) is 3. The maximum atomic E-state index is 12.3. The van der Waals surface area contributed by atoms with Crippen molar-refractivity contribution in [2.75, 3.05) is 65.4 Å². The van der Waals surface area contributed by atoms with Crippen LogP contribution in [0.15, 0.2) is 0 Å². The van der Waals surface area contributed by atoms with Crippen molar-refractivity contribution in [3.05, 3.63) is 0 Å². The molecule has 0 aromatic heterocycles. The van der Waals surface area contributed by atoms with Gasteiger partial charge in [0.2, 0.25) is 5.91 Å². The molecule has 0 radical (unpaired) electrons. The lowest BCUT2D eigenvalue weighted by molar-refractivity contribution is -0.132. The van der Waals surface area contributed by atoms with Crippen LogP contribution in [0.3, 0.4) is 0 Å². The van der Waals surface area contributed by atoms with Gasteiger partial charge in [0.05, 0.1) is 6.54 Å². The minimum Gasteiger partial charge on any atom is -0.342 e. The predicted octanol–water partition coefficient (Wildman–Crippen LogP) is 0.862. The molecule has 2 aliphatic rings. The maximum absolute atomic E-state index is 12.3. The van der Waals surface area contributed by atoms with Crippen molar-refractivity contribution in [3.63, 3.8) is 0 Å². The van der Waals surface area contributed by atoms with Crippen molar-refractivity contribution in [1.82, 2.24) is 20.0 Å². The molecule has 2 aliphatic heterocycles. The molecule has 0 spiro atoms. The van der Waals surface area contributed by atoms with Crippen LogP contribution in [0, 0.1) is 5.41 Å². The van der Waals surface area contributed by atoms with Crippen molar-refractivity contribution in [2.45, 2.75) is 33.6 Å². The Balaban J connectivity index is 1.78. The van der Waals surface area contributed by atoms with Crippen molar-refractivity contribution in [1.29, 1.82) is 0 Å². The second kappa shape index (κ2) is 8.27. The number of amides is 1. The summed E-state index contributed by atoms with van der Waals surface area (Å²) in [5.74, 6) is 0.283. The van der Waals surface area contributed by atoms with Gasteiger partial charge in [0.25, 0.3) is 0 Å². The van der Waals surface area contributed by atoms with E-state index < -0.39 is 0 Å². The molecule has 0 aliphatic carbocycles. The average molecular weight is 310 g/mol. The molecule has 2 saturated heterocycles. The summed E-state index contributed by atoms with van der Waals surface area (Å²) >= 11 is 0. The summed E-state index contributed by atoms with van der Waals surface area (Å²) < 4.78 is 0. The highest BCUT2D eigenvalue weighted by atomic mass is 16.2. The van der Waals surface area contributed by atoms with E-state index in [-0.39, 0.29) is 5.91 Å². The van der Waals surface area contributed by atoms with Crippen molar-refractivity contribution >= 4 is 5.91 Å². The van der Waals surface area contributed by atoms with Crippen molar-refractivity contribution in [2.24, 2.45) is 5.41 Å². The van der Waals surface area contributed by atoms with Crippen LogP contribution in [0.25, 0.3) is 0 Å². The largest absolute Gasteiger partial charge is 0.342 e. The smallest absolute Gasteiger partial charge is 0.236 e. The maximum Gasteiger partial charge on any atom is 0.236 e. The van der Waals surface area contributed by atoms with Gasteiger partial charge in [-0.3, -0.25) is 9.69 Å². The normalized spacial score (nSPS) is 27.8. The lowest BCUT2D eigenvalue weighted by Crippen LogP contribution is -2.42. The van der Waals surface area contributed by atoms with Gasteiger partial charge in [0.15, 0.2) is 0 Å². The lowest BCUT2D eigenvalue weighted by Gasteiger charge is -2.31. The highest BCUT2D eigenvalue weighted by Gasteiger charge is 2.31. The number of carbonyl (C=O) groups excluding carboxylic acids is 1. The first-order valence-electron chi connectivity index (χ1n) is 8.99. The van der Waals surface area contributed by atoms with Gasteiger partial charge in [0, 0.05) is 39.3 Å². The third-order valence-electron chi connectivity index (χ3n) is 5.22.